The Balaban J connectivity index is 1.85. The van der Waals surface area contributed by atoms with Crippen molar-refractivity contribution in [3.63, 3.8) is 0 Å². The first-order valence-corrected chi connectivity index (χ1v) is 7.61. The van der Waals surface area contributed by atoms with Gasteiger partial charge in [-0.05, 0) is 12.1 Å². The normalized spacial score (nSPS) is 23.1. The van der Waals surface area contributed by atoms with Crippen LogP contribution in [0.2, 0.25) is 0 Å². The zero-order valence-electron chi connectivity index (χ0n) is 13.2. The van der Waals surface area contributed by atoms with E-state index in [1.54, 1.807) is 18.2 Å². The molecule has 1 atom stereocenters. The zero-order valence-corrected chi connectivity index (χ0v) is 13.2. The summed E-state index contributed by atoms with van der Waals surface area (Å²) < 4.78 is 11.2. The summed E-state index contributed by atoms with van der Waals surface area (Å²) >= 11 is 0. The molecule has 2 N–H and O–H groups in total. The molecule has 2 heterocycles. The van der Waals surface area contributed by atoms with Gasteiger partial charge in [0.25, 0.3) is 5.91 Å². The number of benzene rings is 1. The lowest BCUT2D eigenvalue weighted by molar-refractivity contribution is -0.144. The van der Waals surface area contributed by atoms with Crippen molar-refractivity contribution < 1.29 is 29.0 Å². The van der Waals surface area contributed by atoms with Gasteiger partial charge in [-0.3, -0.25) is 14.4 Å². The summed E-state index contributed by atoms with van der Waals surface area (Å²) in [4.78, 5) is 36.6. The number of rotatable bonds is 3. The Bertz CT molecular complexity index is 704. The fraction of sp³-hybridized carbons (Fsp3) is 0.438. The number of carbonyl (C=O) groups is 3. The second-order valence-electron chi connectivity index (χ2n) is 5.87. The molecule has 1 aromatic carbocycles. The number of nitrogens with one attached hydrogen (secondary N) is 1. The third kappa shape index (κ3) is 2.99. The number of amides is 2. The molecule has 0 saturated carbocycles. The Morgan fingerprint density at radius 1 is 1.42 bits per heavy atom. The number of carboxylic acid groups (broad SMARTS) is 1. The molecule has 8 heteroatoms. The van der Waals surface area contributed by atoms with Gasteiger partial charge in [-0.25, -0.2) is 0 Å². The predicted octanol–water partition coefficient (Wildman–Crippen LogP) is 0.611. The van der Waals surface area contributed by atoms with E-state index in [0.29, 0.717) is 23.5 Å². The van der Waals surface area contributed by atoms with Gasteiger partial charge >= 0.3 is 5.97 Å². The van der Waals surface area contributed by atoms with Crippen LogP contribution in [0.15, 0.2) is 18.2 Å². The van der Waals surface area contributed by atoms with Gasteiger partial charge in [0.2, 0.25) is 5.91 Å². The fourth-order valence-electron chi connectivity index (χ4n) is 3.00. The van der Waals surface area contributed by atoms with Crippen LogP contribution < -0.4 is 14.8 Å². The van der Waals surface area contributed by atoms with Crippen LogP contribution >= 0.6 is 0 Å². The molecule has 2 amide bonds. The second kappa shape index (κ2) is 6.03. The topological polar surface area (TPSA) is 105 Å². The van der Waals surface area contributed by atoms with Gasteiger partial charge in [0.1, 0.15) is 18.0 Å². The Hall–Kier alpha value is -2.77. The summed E-state index contributed by atoms with van der Waals surface area (Å²) in [5.74, 6) is -0.641. The number of carboxylic acids is 1. The number of fused-ring (bicyclic) bond motifs is 1. The van der Waals surface area contributed by atoms with E-state index >= 15 is 0 Å². The molecule has 1 fully saturated rings. The highest BCUT2D eigenvalue weighted by molar-refractivity contribution is 5.98. The highest BCUT2D eigenvalue weighted by Crippen LogP contribution is 2.35. The van der Waals surface area contributed by atoms with Crippen LogP contribution in [0.25, 0.3) is 0 Å². The maximum absolute atomic E-state index is 12.4. The van der Waals surface area contributed by atoms with Crippen molar-refractivity contribution in [2.75, 3.05) is 20.2 Å². The number of nitrogens with zero attached hydrogens (tertiary/aromatic N) is 1. The molecule has 0 bridgehead atoms. The monoisotopic (exact) mass is 334 g/mol. The van der Waals surface area contributed by atoms with Crippen LogP contribution in [-0.2, 0) is 9.59 Å². The van der Waals surface area contributed by atoms with E-state index in [1.807, 2.05) is 0 Å². The molecule has 24 heavy (non-hydrogen) atoms. The van der Waals surface area contributed by atoms with Gasteiger partial charge in [-0.2, -0.15) is 0 Å². The Morgan fingerprint density at radius 3 is 2.92 bits per heavy atom. The molecule has 1 aromatic rings. The van der Waals surface area contributed by atoms with E-state index in [2.05, 4.69) is 5.32 Å². The summed E-state index contributed by atoms with van der Waals surface area (Å²) in [6.45, 7) is -0.155. The first-order valence-electron chi connectivity index (χ1n) is 7.61. The van der Waals surface area contributed by atoms with Gasteiger partial charge in [0, 0.05) is 31.9 Å². The number of hydrogen-bond acceptors (Lipinski definition) is 5. The van der Waals surface area contributed by atoms with Crippen LogP contribution in [0.3, 0.4) is 0 Å². The molecular formula is C16H18N2O6. The maximum atomic E-state index is 12.4. The first kappa shape index (κ1) is 16.1. The van der Waals surface area contributed by atoms with Crippen LogP contribution in [0, 0.1) is 0 Å². The van der Waals surface area contributed by atoms with Crippen LogP contribution in [0.1, 0.15) is 29.6 Å². The van der Waals surface area contributed by atoms with Crippen molar-refractivity contribution in [3.8, 4) is 11.5 Å². The van der Waals surface area contributed by atoms with Crippen LogP contribution in [-0.4, -0.2) is 53.7 Å². The van der Waals surface area contributed by atoms with Crippen molar-refractivity contribution in [2.24, 2.45) is 0 Å². The SMILES string of the molecule is COc1ccc2c(c1)OC1(CCC(=O)N(CC(=O)O)CC1)NC2=O. The van der Waals surface area contributed by atoms with E-state index in [9.17, 15) is 14.4 Å². The summed E-state index contributed by atoms with van der Waals surface area (Å²) in [6, 6.07) is 4.93. The average molecular weight is 334 g/mol. The van der Waals surface area contributed by atoms with Crippen molar-refractivity contribution in [3.05, 3.63) is 23.8 Å². The number of aliphatic carboxylic acids is 1. The van der Waals surface area contributed by atoms with Crippen molar-refractivity contribution in [1.82, 2.24) is 10.2 Å². The Morgan fingerprint density at radius 2 is 2.21 bits per heavy atom. The molecule has 3 rings (SSSR count). The standard InChI is InChI=1S/C16H18N2O6/c1-23-10-2-3-11-12(8-10)24-16(17-15(11)22)5-4-13(19)18(7-6-16)9-14(20)21/h2-3,8H,4-7,9H2,1H3,(H,17,22)(H,20,21). The summed E-state index contributed by atoms with van der Waals surface area (Å²) in [6.07, 6.45) is 0.700. The molecule has 8 nitrogen and oxygen atoms in total. The second-order valence-corrected chi connectivity index (χ2v) is 5.87. The summed E-state index contributed by atoms with van der Waals surface area (Å²) in [5.41, 5.74) is -0.612. The minimum Gasteiger partial charge on any atom is -0.497 e. The highest BCUT2D eigenvalue weighted by Gasteiger charge is 2.42. The maximum Gasteiger partial charge on any atom is 0.323 e. The molecule has 0 radical (unpaired) electrons. The average Bonchev–Trinajstić information content (AvgIpc) is 2.68. The van der Waals surface area contributed by atoms with Crippen molar-refractivity contribution in [2.45, 2.75) is 25.0 Å². The molecule has 1 unspecified atom stereocenters. The van der Waals surface area contributed by atoms with Crippen molar-refractivity contribution in [1.29, 1.82) is 0 Å². The molecule has 1 saturated heterocycles. The lowest BCUT2D eigenvalue weighted by Gasteiger charge is -2.38. The van der Waals surface area contributed by atoms with E-state index in [0.717, 1.165) is 0 Å². The minimum atomic E-state index is -1.07. The molecule has 2 aliphatic rings. The Labute approximate surface area is 138 Å². The molecule has 0 aliphatic carbocycles. The number of ether oxygens (including phenoxy) is 2. The highest BCUT2D eigenvalue weighted by atomic mass is 16.5. The zero-order chi connectivity index (χ0) is 17.3. The third-order valence-corrected chi connectivity index (χ3v) is 4.29. The lowest BCUT2D eigenvalue weighted by atomic mass is 10.00. The number of carbonyl (C=O) groups excluding carboxylic acids is 2. The van der Waals surface area contributed by atoms with E-state index < -0.39 is 11.7 Å². The van der Waals surface area contributed by atoms with E-state index in [1.165, 1.54) is 12.0 Å². The van der Waals surface area contributed by atoms with Gasteiger partial charge in [0.05, 0.1) is 12.7 Å². The molecule has 128 valence electrons. The van der Waals surface area contributed by atoms with Gasteiger partial charge < -0.3 is 24.8 Å². The van der Waals surface area contributed by atoms with Gasteiger partial charge in [-0.1, -0.05) is 0 Å². The van der Waals surface area contributed by atoms with E-state index in [-0.39, 0.29) is 37.7 Å². The van der Waals surface area contributed by atoms with Crippen molar-refractivity contribution >= 4 is 17.8 Å². The largest absolute Gasteiger partial charge is 0.497 e. The first-order chi connectivity index (χ1) is 11.4. The molecule has 0 aromatic heterocycles. The molecular weight excluding hydrogens is 316 g/mol. The minimum absolute atomic E-state index is 0.104. The van der Waals surface area contributed by atoms with Crippen LogP contribution in [0.4, 0.5) is 0 Å². The Kier molecular flexibility index (Phi) is 4.04. The van der Waals surface area contributed by atoms with E-state index in [4.69, 9.17) is 14.6 Å². The number of methoxy groups -OCH3 is 1. The molecule has 1 spiro atoms. The smallest absolute Gasteiger partial charge is 0.323 e. The fourth-order valence-corrected chi connectivity index (χ4v) is 3.00. The lowest BCUT2D eigenvalue weighted by Crippen LogP contribution is -2.56. The molecule has 2 aliphatic heterocycles. The number of hydrogen-bond donors (Lipinski definition) is 2. The third-order valence-electron chi connectivity index (χ3n) is 4.29. The summed E-state index contributed by atoms with van der Waals surface area (Å²) in [7, 11) is 1.52. The summed E-state index contributed by atoms with van der Waals surface area (Å²) in [5, 5.41) is 11.7. The van der Waals surface area contributed by atoms with Gasteiger partial charge in [-0.15, -0.1) is 0 Å². The number of likely N-dealkylation sites (tertiary alicyclic amines) is 1. The quantitative estimate of drug-likeness (QED) is 0.839. The van der Waals surface area contributed by atoms with Gasteiger partial charge in [0.15, 0.2) is 5.72 Å². The van der Waals surface area contributed by atoms with Crippen LogP contribution in [0.5, 0.6) is 11.5 Å². The predicted molar refractivity (Wildman–Crippen MR) is 81.9 cm³/mol.